The Morgan fingerprint density at radius 3 is 2.62 bits per heavy atom. The topological polar surface area (TPSA) is 60.4 Å². The zero-order valence-electron chi connectivity index (χ0n) is 14.2. The van der Waals surface area contributed by atoms with Crippen molar-refractivity contribution in [2.24, 2.45) is 5.92 Å². The fourth-order valence-corrected chi connectivity index (χ4v) is 2.81. The van der Waals surface area contributed by atoms with Gasteiger partial charge in [-0.2, -0.15) is 13.2 Å². The van der Waals surface area contributed by atoms with Gasteiger partial charge in [-0.05, 0) is 24.8 Å². The number of pyridine rings is 1. The summed E-state index contributed by atoms with van der Waals surface area (Å²) in [7, 11) is 1.55. The molecule has 26 heavy (non-hydrogen) atoms. The Morgan fingerprint density at radius 2 is 1.92 bits per heavy atom. The fourth-order valence-electron chi connectivity index (χ4n) is 2.81. The first-order chi connectivity index (χ1) is 12.5. The van der Waals surface area contributed by atoms with Crippen LogP contribution in [0.4, 0.5) is 19.0 Å². The maximum absolute atomic E-state index is 12.7. The van der Waals surface area contributed by atoms with Gasteiger partial charge in [-0.3, -0.25) is 4.98 Å². The van der Waals surface area contributed by atoms with E-state index in [-0.39, 0.29) is 11.7 Å². The third kappa shape index (κ3) is 4.53. The summed E-state index contributed by atoms with van der Waals surface area (Å²) >= 11 is 0. The minimum absolute atomic E-state index is 0.190. The predicted octanol–water partition coefficient (Wildman–Crippen LogP) is 3.19. The van der Waals surface area contributed by atoms with Crippen LogP contribution in [0.25, 0.3) is 0 Å². The van der Waals surface area contributed by atoms with Crippen LogP contribution in [0.15, 0.2) is 30.7 Å². The lowest BCUT2D eigenvalue weighted by molar-refractivity contribution is -0.141. The van der Waals surface area contributed by atoms with Gasteiger partial charge in [0.25, 0.3) is 0 Å². The summed E-state index contributed by atoms with van der Waals surface area (Å²) in [6.45, 7) is 1.96. The number of methoxy groups -OCH3 is 1. The average Bonchev–Trinajstić information content (AvgIpc) is 2.66. The zero-order chi connectivity index (χ0) is 18.6. The van der Waals surface area contributed by atoms with Crippen LogP contribution in [-0.4, -0.2) is 41.8 Å². The number of rotatable bonds is 5. The molecule has 1 saturated heterocycles. The van der Waals surface area contributed by atoms with E-state index in [1.165, 1.54) is 12.4 Å². The highest BCUT2D eigenvalue weighted by Gasteiger charge is 2.32. The Balaban J connectivity index is 1.51. The number of hydrogen-bond donors (Lipinski definition) is 0. The number of nitrogens with zero attached hydrogens (tertiary/aromatic N) is 4. The van der Waals surface area contributed by atoms with Crippen LogP contribution >= 0.6 is 0 Å². The maximum Gasteiger partial charge on any atom is 0.433 e. The third-order valence-electron chi connectivity index (χ3n) is 4.28. The first-order valence-corrected chi connectivity index (χ1v) is 8.23. The van der Waals surface area contributed by atoms with E-state index in [0.29, 0.717) is 12.5 Å². The van der Waals surface area contributed by atoms with E-state index in [9.17, 15) is 13.2 Å². The second-order valence-electron chi connectivity index (χ2n) is 6.03. The van der Waals surface area contributed by atoms with Gasteiger partial charge < -0.3 is 14.4 Å². The largest absolute Gasteiger partial charge is 0.493 e. The van der Waals surface area contributed by atoms with Crippen molar-refractivity contribution in [1.82, 2.24) is 15.0 Å². The summed E-state index contributed by atoms with van der Waals surface area (Å²) in [5.74, 6) is 1.78. The molecular weight excluding hydrogens is 349 g/mol. The van der Waals surface area contributed by atoms with Gasteiger partial charge in [0.2, 0.25) is 5.88 Å². The van der Waals surface area contributed by atoms with Gasteiger partial charge in [-0.25, -0.2) is 9.97 Å². The minimum atomic E-state index is -4.47. The molecule has 3 heterocycles. The van der Waals surface area contributed by atoms with Gasteiger partial charge in [0.15, 0.2) is 0 Å². The molecule has 0 unspecified atom stereocenters. The van der Waals surface area contributed by atoms with E-state index in [4.69, 9.17) is 9.47 Å². The highest BCUT2D eigenvalue weighted by atomic mass is 19.4. The molecule has 9 heteroatoms. The molecule has 2 aromatic rings. The van der Waals surface area contributed by atoms with Gasteiger partial charge in [-0.1, -0.05) is 0 Å². The van der Waals surface area contributed by atoms with Crippen LogP contribution in [0.3, 0.4) is 0 Å². The molecule has 0 aromatic carbocycles. The molecule has 3 rings (SSSR count). The van der Waals surface area contributed by atoms with Gasteiger partial charge in [-0.15, -0.1) is 0 Å². The average molecular weight is 368 g/mol. The van der Waals surface area contributed by atoms with Crippen LogP contribution in [0.2, 0.25) is 0 Å². The van der Waals surface area contributed by atoms with Crippen LogP contribution in [0.1, 0.15) is 18.5 Å². The van der Waals surface area contributed by atoms with Crippen molar-refractivity contribution >= 4 is 5.82 Å². The molecule has 1 aliphatic rings. The Hall–Kier alpha value is -2.58. The SMILES string of the molecule is COc1cc(N2CCC(COc3ccnc(C(F)(F)F)c3)CC2)ncn1. The third-order valence-corrected chi connectivity index (χ3v) is 4.28. The number of hydrogen-bond acceptors (Lipinski definition) is 6. The lowest BCUT2D eigenvalue weighted by Gasteiger charge is -2.32. The molecular formula is C17H19F3N4O2. The number of ether oxygens (including phenoxy) is 2. The number of piperidine rings is 1. The monoisotopic (exact) mass is 368 g/mol. The lowest BCUT2D eigenvalue weighted by Crippen LogP contribution is -2.36. The molecule has 2 aromatic heterocycles. The minimum Gasteiger partial charge on any atom is -0.493 e. The summed E-state index contributed by atoms with van der Waals surface area (Å²) < 4.78 is 48.7. The normalized spacial score (nSPS) is 15.8. The van der Waals surface area contributed by atoms with Crippen molar-refractivity contribution in [2.75, 3.05) is 31.7 Å². The van der Waals surface area contributed by atoms with E-state index in [0.717, 1.165) is 44.0 Å². The Bertz CT molecular complexity index is 734. The first-order valence-electron chi connectivity index (χ1n) is 8.23. The quantitative estimate of drug-likeness (QED) is 0.808. The zero-order valence-corrected chi connectivity index (χ0v) is 14.2. The summed E-state index contributed by atoms with van der Waals surface area (Å²) in [6.07, 6.45) is -0.162. The molecule has 0 spiro atoms. The molecule has 0 atom stereocenters. The van der Waals surface area contributed by atoms with Gasteiger partial charge in [0, 0.05) is 31.4 Å². The highest BCUT2D eigenvalue weighted by Crippen LogP contribution is 2.30. The Labute approximate surface area is 149 Å². The maximum atomic E-state index is 12.7. The van der Waals surface area contributed by atoms with Crippen molar-refractivity contribution in [3.63, 3.8) is 0 Å². The molecule has 1 aliphatic heterocycles. The van der Waals surface area contributed by atoms with E-state index in [1.807, 2.05) is 0 Å². The molecule has 0 N–H and O–H groups in total. The lowest BCUT2D eigenvalue weighted by atomic mass is 9.98. The van der Waals surface area contributed by atoms with Crippen molar-refractivity contribution in [3.8, 4) is 11.6 Å². The highest BCUT2D eigenvalue weighted by molar-refractivity contribution is 5.41. The van der Waals surface area contributed by atoms with Crippen LogP contribution in [0.5, 0.6) is 11.6 Å². The summed E-state index contributed by atoms with van der Waals surface area (Å²) in [5.41, 5.74) is -0.942. The number of halogens is 3. The van der Waals surface area contributed by atoms with Crippen molar-refractivity contribution in [3.05, 3.63) is 36.4 Å². The van der Waals surface area contributed by atoms with E-state index < -0.39 is 11.9 Å². The molecule has 0 radical (unpaired) electrons. The van der Waals surface area contributed by atoms with Crippen molar-refractivity contribution in [1.29, 1.82) is 0 Å². The first kappa shape index (κ1) is 18.2. The van der Waals surface area contributed by atoms with Crippen molar-refractivity contribution < 1.29 is 22.6 Å². The molecule has 0 bridgehead atoms. The molecule has 0 aliphatic carbocycles. The predicted molar refractivity (Wildman–Crippen MR) is 88.3 cm³/mol. The molecule has 0 amide bonds. The Kier molecular flexibility index (Phi) is 5.43. The molecule has 1 fully saturated rings. The molecule has 140 valence electrons. The second kappa shape index (κ2) is 7.76. The van der Waals surface area contributed by atoms with Gasteiger partial charge >= 0.3 is 6.18 Å². The van der Waals surface area contributed by atoms with E-state index in [2.05, 4.69) is 19.9 Å². The smallest absolute Gasteiger partial charge is 0.433 e. The number of anilines is 1. The Morgan fingerprint density at radius 1 is 1.15 bits per heavy atom. The van der Waals surface area contributed by atoms with Crippen molar-refractivity contribution in [2.45, 2.75) is 19.0 Å². The second-order valence-corrected chi connectivity index (χ2v) is 6.03. The summed E-state index contributed by atoms with van der Waals surface area (Å²) in [5, 5.41) is 0. The van der Waals surface area contributed by atoms with Crippen LogP contribution < -0.4 is 14.4 Å². The summed E-state index contributed by atoms with van der Waals surface area (Å²) in [4.78, 5) is 13.7. The van der Waals surface area contributed by atoms with Crippen LogP contribution in [-0.2, 0) is 6.18 Å². The fraction of sp³-hybridized carbons (Fsp3) is 0.471. The summed E-state index contributed by atoms with van der Waals surface area (Å²) in [6, 6.07) is 4.16. The number of aromatic nitrogens is 3. The number of alkyl halides is 3. The van der Waals surface area contributed by atoms with Gasteiger partial charge in [0.05, 0.1) is 13.7 Å². The van der Waals surface area contributed by atoms with Crippen LogP contribution in [0, 0.1) is 5.92 Å². The standard InChI is InChI=1S/C17H19F3N4O2/c1-25-16-9-15(22-11-23-16)24-6-3-12(4-7-24)10-26-13-2-5-21-14(8-13)17(18,19)20/h2,5,8-9,11-12H,3-4,6-7,10H2,1H3. The van der Waals surface area contributed by atoms with E-state index in [1.54, 1.807) is 13.2 Å². The van der Waals surface area contributed by atoms with E-state index >= 15 is 0 Å². The molecule has 0 saturated carbocycles. The van der Waals surface area contributed by atoms with Gasteiger partial charge in [0.1, 0.15) is 23.6 Å². The molecule has 6 nitrogen and oxygen atoms in total.